The van der Waals surface area contributed by atoms with E-state index in [9.17, 15) is 9.90 Å². The van der Waals surface area contributed by atoms with Crippen molar-refractivity contribution < 1.29 is 14.6 Å². The van der Waals surface area contributed by atoms with Crippen LogP contribution in [0.5, 0.6) is 5.75 Å². The normalized spacial score (nSPS) is 11.0. The minimum absolute atomic E-state index is 0.267. The van der Waals surface area contributed by atoms with Crippen molar-refractivity contribution in [1.29, 1.82) is 0 Å². The van der Waals surface area contributed by atoms with Gasteiger partial charge in [-0.1, -0.05) is 29.8 Å². The van der Waals surface area contributed by atoms with Gasteiger partial charge in [-0.3, -0.25) is 0 Å². The number of ether oxygens (including phenoxy) is 1. The molecule has 1 N–H and O–H groups in total. The molecule has 0 bridgehead atoms. The molecule has 0 saturated carbocycles. The first-order valence-electron chi connectivity index (χ1n) is 7.68. The lowest BCUT2D eigenvalue weighted by Crippen LogP contribution is -2.13. The Morgan fingerprint density at radius 2 is 1.83 bits per heavy atom. The molecule has 0 spiro atoms. The van der Waals surface area contributed by atoms with Crippen LogP contribution in [0, 0.1) is 13.8 Å². The summed E-state index contributed by atoms with van der Waals surface area (Å²) < 4.78 is 7.58. The van der Waals surface area contributed by atoms with Crippen molar-refractivity contribution in [3.05, 3.63) is 64.3 Å². The maximum absolute atomic E-state index is 11.5. The number of para-hydroxylation sites is 1. The highest BCUT2D eigenvalue weighted by Crippen LogP contribution is 2.26. The Balaban J connectivity index is 1.81. The van der Waals surface area contributed by atoms with E-state index in [1.807, 2.05) is 50.2 Å². The molecule has 0 saturated heterocycles. The maximum atomic E-state index is 11.5. The van der Waals surface area contributed by atoms with Crippen LogP contribution in [0.25, 0.3) is 10.9 Å². The van der Waals surface area contributed by atoms with Gasteiger partial charge in [-0.15, -0.1) is 0 Å². The summed E-state index contributed by atoms with van der Waals surface area (Å²) in [5, 5.41) is 11.1. The van der Waals surface area contributed by atoms with Gasteiger partial charge in [-0.25, -0.2) is 4.79 Å². The second-order valence-electron chi connectivity index (χ2n) is 5.76. The van der Waals surface area contributed by atoms with Gasteiger partial charge in [0.1, 0.15) is 18.1 Å². The number of halogens is 1. The van der Waals surface area contributed by atoms with Gasteiger partial charge in [0.05, 0.1) is 6.54 Å². The van der Waals surface area contributed by atoms with Gasteiger partial charge >= 0.3 is 5.97 Å². The quantitative estimate of drug-likeness (QED) is 0.731. The van der Waals surface area contributed by atoms with Crippen LogP contribution in [0.3, 0.4) is 0 Å². The van der Waals surface area contributed by atoms with Crippen LogP contribution >= 0.6 is 11.6 Å². The summed E-state index contributed by atoms with van der Waals surface area (Å²) in [5.74, 6) is -0.202. The number of benzene rings is 2. The summed E-state index contributed by atoms with van der Waals surface area (Å²) >= 11 is 6.16. The van der Waals surface area contributed by atoms with Crippen molar-refractivity contribution in [2.45, 2.75) is 20.4 Å². The first kappa shape index (κ1) is 16.4. The van der Waals surface area contributed by atoms with Crippen LogP contribution in [0.1, 0.15) is 21.6 Å². The Bertz CT molecular complexity index is 891. The van der Waals surface area contributed by atoms with E-state index in [1.54, 1.807) is 10.6 Å². The lowest BCUT2D eigenvalue weighted by atomic mass is 10.1. The minimum atomic E-state index is -0.940. The molecule has 5 heteroatoms. The van der Waals surface area contributed by atoms with Crippen molar-refractivity contribution in [1.82, 2.24) is 4.57 Å². The summed E-state index contributed by atoms with van der Waals surface area (Å²) in [7, 11) is 0. The van der Waals surface area contributed by atoms with E-state index in [0.717, 1.165) is 32.8 Å². The molecule has 0 radical (unpaired) electrons. The Morgan fingerprint density at radius 3 is 2.50 bits per heavy atom. The third-order valence-electron chi connectivity index (χ3n) is 4.02. The van der Waals surface area contributed by atoms with Gasteiger partial charge in [0.2, 0.25) is 0 Å². The van der Waals surface area contributed by atoms with Gasteiger partial charge in [0.25, 0.3) is 0 Å². The van der Waals surface area contributed by atoms with Gasteiger partial charge in [0.15, 0.2) is 0 Å². The van der Waals surface area contributed by atoms with E-state index in [4.69, 9.17) is 16.3 Å². The summed E-state index contributed by atoms with van der Waals surface area (Å²) in [6, 6.07) is 13.1. The van der Waals surface area contributed by atoms with Gasteiger partial charge in [-0.05, 0) is 49.2 Å². The number of hydrogen-bond acceptors (Lipinski definition) is 2. The molecule has 3 rings (SSSR count). The fourth-order valence-electron chi connectivity index (χ4n) is 2.87. The van der Waals surface area contributed by atoms with Crippen LogP contribution in [0.2, 0.25) is 5.02 Å². The number of carboxylic acids is 1. The highest BCUT2D eigenvalue weighted by Gasteiger charge is 2.14. The van der Waals surface area contributed by atoms with Crippen molar-refractivity contribution in [3.8, 4) is 5.75 Å². The van der Waals surface area contributed by atoms with E-state index >= 15 is 0 Å². The number of aromatic carboxylic acids is 1. The number of carbonyl (C=O) groups is 1. The molecule has 0 aliphatic rings. The Hall–Kier alpha value is -2.46. The zero-order valence-electron chi connectivity index (χ0n) is 13.5. The van der Waals surface area contributed by atoms with Crippen LogP contribution in [0.4, 0.5) is 0 Å². The lowest BCUT2D eigenvalue weighted by Gasteiger charge is -2.12. The van der Waals surface area contributed by atoms with Crippen molar-refractivity contribution in [2.24, 2.45) is 0 Å². The SMILES string of the molecule is Cc1cc(OCCn2c(C(=O)O)cc3ccccc32)cc(C)c1Cl. The molecule has 1 heterocycles. The third kappa shape index (κ3) is 3.10. The minimum Gasteiger partial charge on any atom is -0.492 e. The number of carboxylic acid groups (broad SMARTS) is 1. The molecule has 24 heavy (non-hydrogen) atoms. The number of aryl methyl sites for hydroxylation is 2. The topological polar surface area (TPSA) is 51.5 Å². The second-order valence-corrected chi connectivity index (χ2v) is 6.14. The fourth-order valence-corrected chi connectivity index (χ4v) is 2.98. The molecule has 3 aromatic rings. The van der Waals surface area contributed by atoms with E-state index < -0.39 is 5.97 Å². The number of aromatic nitrogens is 1. The van der Waals surface area contributed by atoms with Gasteiger partial charge in [0, 0.05) is 15.9 Å². The second kappa shape index (κ2) is 6.57. The number of hydrogen-bond donors (Lipinski definition) is 1. The van der Waals surface area contributed by atoms with Crippen LogP contribution < -0.4 is 4.74 Å². The highest BCUT2D eigenvalue weighted by atomic mass is 35.5. The largest absolute Gasteiger partial charge is 0.492 e. The zero-order chi connectivity index (χ0) is 17.3. The monoisotopic (exact) mass is 343 g/mol. The van der Waals surface area contributed by atoms with E-state index in [-0.39, 0.29) is 5.69 Å². The zero-order valence-corrected chi connectivity index (χ0v) is 14.3. The van der Waals surface area contributed by atoms with Crippen molar-refractivity contribution in [3.63, 3.8) is 0 Å². The Morgan fingerprint density at radius 1 is 1.17 bits per heavy atom. The summed E-state index contributed by atoms with van der Waals surface area (Å²) in [6.45, 7) is 4.70. The van der Waals surface area contributed by atoms with Gasteiger partial charge in [-0.2, -0.15) is 0 Å². The smallest absolute Gasteiger partial charge is 0.352 e. The molecule has 2 aromatic carbocycles. The molecule has 0 fully saturated rings. The molecular weight excluding hydrogens is 326 g/mol. The molecule has 0 atom stereocenters. The van der Waals surface area contributed by atoms with E-state index in [1.165, 1.54) is 0 Å². The maximum Gasteiger partial charge on any atom is 0.352 e. The Labute approximate surface area is 145 Å². The summed E-state index contributed by atoms with van der Waals surface area (Å²) in [4.78, 5) is 11.5. The molecule has 0 unspecified atom stereocenters. The van der Waals surface area contributed by atoms with Crippen molar-refractivity contribution >= 4 is 28.5 Å². The lowest BCUT2D eigenvalue weighted by molar-refractivity contribution is 0.0684. The average Bonchev–Trinajstić information content (AvgIpc) is 2.92. The average molecular weight is 344 g/mol. The fraction of sp³-hybridized carbons (Fsp3) is 0.211. The van der Waals surface area contributed by atoms with Crippen molar-refractivity contribution in [2.75, 3.05) is 6.61 Å². The standard InChI is InChI=1S/C19H18ClNO3/c1-12-9-15(10-13(2)18(12)20)24-8-7-21-16-6-4-3-5-14(16)11-17(21)19(22)23/h3-6,9-11H,7-8H2,1-2H3,(H,22,23). The summed E-state index contributed by atoms with van der Waals surface area (Å²) in [5.41, 5.74) is 3.08. The first-order valence-corrected chi connectivity index (χ1v) is 8.06. The number of rotatable bonds is 5. The van der Waals surface area contributed by atoms with Crippen LogP contribution in [-0.2, 0) is 6.54 Å². The molecular formula is C19H18ClNO3. The highest BCUT2D eigenvalue weighted by molar-refractivity contribution is 6.32. The summed E-state index contributed by atoms with van der Waals surface area (Å²) in [6.07, 6.45) is 0. The molecule has 0 aliphatic carbocycles. The third-order valence-corrected chi connectivity index (χ3v) is 4.62. The Kier molecular flexibility index (Phi) is 4.49. The molecule has 4 nitrogen and oxygen atoms in total. The van der Waals surface area contributed by atoms with Crippen LogP contribution in [-0.4, -0.2) is 22.2 Å². The molecule has 0 aliphatic heterocycles. The number of fused-ring (bicyclic) bond motifs is 1. The molecule has 124 valence electrons. The van der Waals surface area contributed by atoms with E-state index in [2.05, 4.69) is 0 Å². The van der Waals surface area contributed by atoms with E-state index in [0.29, 0.717) is 13.2 Å². The molecule has 1 aromatic heterocycles. The van der Waals surface area contributed by atoms with Crippen LogP contribution in [0.15, 0.2) is 42.5 Å². The number of nitrogens with zero attached hydrogens (tertiary/aromatic N) is 1. The predicted octanol–water partition coefficient (Wildman–Crippen LogP) is 4.69. The van der Waals surface area contributed by atoms with Gasteiger partial charge < -0.3 is 14.4 Å². The predicted molar refractivity (Wildman–Crippen MR) is 95.3 cm³/mol. The first-order chi connectivity index (χ1) is 11.5. The molecule has 0 amide bonds.